The smallest absolute Gasteiger partial charge is 0.407 e. The first-order chi connectivity index (χ1) is 23.3. The first-order valence-electron chi connectivity index (χ1n) is 15.8. The summed E-state index contributed by atoms with van der Waals surface area (Å²) in [4.78, 5) is 38.9. The van der Waals surface area contributed by atoms with Gasteiger partial charge in [0.15, 0.2) is 16.6 Å². The zero-order valence-electron chi connectivity index (χ0n) is 26.7. The third kappa shape index (κ3) is 6.75. The van der Waals surface area contributed by atoms with Gasteiger partial charge in [-0.15, -0.1) is 11.3 Å². The molecule has 0 bridgehead atoms. The van der Waals surface area contributed by atoms with E-state index in [0.717, 1.165) is 49.4 Å². The lowest BCUT2D eigenvalue weighted by Crippen LogP contribution is -2.44. The Morgan fingerprint density at radius 3 is 2.62 bits per heavy atom. The molecule has 14 heteroatoms. The number of piperidine rings is 1. The van der Waals surface area contributed by atoms with Gasteiger partial charge in [-0.25, -0.2) is 19.4 Å². The number of thiazole rings is 1. The lowest BCUT2D eigenvalue weighted by atomic mass is 10.1. The number of hydrogen-bond acceptors (Lipinski definition) is 10. The highest BCUT2D eigenvalue weighted by Gasteiger charge is 2.26. The molecule has 2 aliphatic heterocycles. The van der Waals surface area contributed by atoms with Crippen LogP contribution >= 0.6 is 11.3 Å². The predicted octanol–water partition coefficient (Wildman–Crippen LogP) is 5.53. The van der Waals surface area contributed by atoms with Gasteiger partial charge < -0.3 is 29.7 Å². The summed E-state index contributed by atoms with van der Waals surface area (Å²) in [5, 5.41) is 22.2. The van der Waals surface area contributed by atoms with E-state index in [1.807, 2.05) is 28.9 Å². The van der Waals surface area contributed by atoms with E-state index in [2.05, 4.69) is 32.5 Å². The molecule has 13 nitrogen and oxygen atoms in total. The number of nitrogens with one attached hydrogen (secondary N) is 2. The van der Waals surface area contributed by atoms with Gasteiger partial charge in [-0.3, -0.25) is 10.1 Å². The SMILES string of the molecule is COc1ccc(Cn2nc(N[C@@H]3CCCN(C(=O)O)C3)c3c(Oc4ccc(C(=O)Nc5nc6c(s5)CN(C)CC6)cc4)ccnc32)cc1. The highest BCUT2D eigenvalue weighted by Crippen LogP contribution is 2.35. The molecule has 3 aromatic heterocycles. The number of rotatable bonds is 9. The fraction of sp³-hybridized carbons (Fsp3) is 0.324. The van der Waals surface area contributed by atoms with Gasteiger partial charge in [0.25, 0.3) is 5.91 Å². The molecule has 3 N–H and O–H groups in total. The zero-order chi connectivity index (χ0) is 33.2. The van der Waals surface area contributed by atoms with Gasteiger partial charge in [0.2, 0.25) is 0 Å². The van der Waals surface area contributed by atoms with Crippen LogP contribution in [0.1, 0.15) is 39.3 Å². The average Bonchev–Trinajstić information content (AvgIpc) is 3.65. The molecule has 1 saturated heterocycles. The summed E-state index contributed by atoms with van der Waals surface area (Å²) < 4.78 is 13.5. The van der Waals surface area contributed by atoms with Crippen molar-refractivity contribution in [1.82, 2.24) is 29.5 Å². The van der Waals surface area contributed by atoms with Crippen molar-refractivity contribution in [2.24, 2.45) is 0 Å². The summed E-state index contributed by atoms with van der Waals surface area (Å²) in [6, 6.07) is 16.4. The van der Waals surface area contributed by atoms with Crippen LogP contribution in [0.15, 0.2) is 60.8 Å². The van der Waals surface area contributed by atoms with Gasteiger partial charge in [-0.2, -0.15) is 5.10 Å². The number of methoxy groups -OCH3 is 1. The van der Waals surface area contributed by atoms with E-state index in [4.69, 9.17) is 14.6 Å². The standard InChI is InChI=1S/C34H36N8O5S/c1-40-17-14-26-28(20-40)48-33(37-26)38-32(43)22-7-11-25(12-8-22)47-27-13-15-35-31-29(27)30(36-23-4-3-16-41(19-23)34(44)45)39-42(31)18-21-5-9-24(46-2)10-6-21/h5-13,15,23H,3-4,14,16-20H2,1-2H3,(H,36,39)(H,44,45)(H,37,38,43)/t23-/m1/s1. The van der Waals surface area contributed by atoms with Gasteiger partial charge in [-0.1, -0.05) is 12.1 Å². The maximum atomic E-state index is 13.1. The summed E-state index contributed by atoms with van der Waals surface area (Å²) in [7, 11) is 3.71. The van der Waals surface area contributed by atoms with E-state index < -0.39 is 6.09 Å². The monoisotopic (exact) mass is 668 g/mol. The normalized spacial score (nSPS) is 16.4. The number of carboxylic acid groups (broad SMARTS) is 1. The van der Waals surface area contributed by atoms with Crippen molar-refractivity contribution in [2.45, 2.75) is 38.4 Å². The molecule has 2 amide bonds. The third-order valence-corrected chi connectivity index (χ3v) is 9.60. The number of hydrogen-bond donors (Lipinski definition) is 3. The summed E-state index contributed by atoms with van der Waals surface area (Å²) >= 11 is 1.52. The fourth-order valence-electron chi connectivity index (χ4n) is 6.08. The molecule has 5 aromatic rings. The van der Waals surface area contributed by atoms with Gasteiger partial charge in [0.1, 0.15) is 22.6 Å². The van der Waals surface area contributed by atoms with Crippen LogP contribution in [-0.2, 0) is 19.5 Å². The van der Waals surface area contributed by atoms with E-state index in [0.29, 0.717) is 58.7 Å². The Balaban J connectivity index is 1.13. The first-order valence-corrected chi connectivity index (χ1v) is 16.6. The lowest BCUT2D eigenvalue weighted by molar-refractivity contribution is 0.102. The molecule has 0 saturated carbocycles. The predicted molar refractivity (Wildman–Crippen MR) is 182 cm³/mol. The molecule has 2 aromatic carbocycles. The molecule has 5 heterocycles. The summed E-state index contributed by atoms with van der Waals surface area (Å²) in [6.45, 7) is 3.11. The number of benzene rings is 2. The molecular formula is C34H36N8O5S. The minimum Gasteiger partial charge on any atom is -0.497 e. The minimum absolute atomic E-state index is 0.127. The van der Waals surface area contributed by atoms with Crippen molar-refractivity contribution in [3.8, 4) is 17.2 Å². The fourth-order valence-corrected chi connectivity index (χ4v) is 7.16. The molecule has 1 atom stereocenters. The average molecular weight is 669 g/mol. The van der Waals surface area contributed by atoms with E-state index >= 15 is 0 Å². The van der Waals surface area contributed by atoms with Crippen LogP contribution in [0.2, 0.25) is 0 Å². The highest BCUT2D eigenvalue weighted by molar-refractivity contribution is 7.15. The van der Waals surface area contributed by atoms with Crippen LogP contribution in [0, 0.1) is 0 Å². The van der Waals surface area contributed by atoms with Crippen LogP contribution in [0.5, 0.6) is 17.2 Å². The molecule has 48 heavy (non-hydrogen) atoms. The molecule has 248 valence electrons. The number of likely N-dealkylation sites (N-methyl/N-ethyl adjacent to an activating group) is 1. The Labute approximate surface area is 281 Å². The number of likely N-dealkylation sites (tertiary alicyclic amines) is 1. The number of carbonyl (C=O) groups is 2. The topological polar surface area (TPSA) is 147 Å². The van der Waals surface area contributed by atoms with E-state index in [1.165, 1.54) is 21.1 Å². The summed E-state index contributed by atoms with van der Waals surface area (Å²) in [5.41, 5.74) is 3.17. The quantitative estimate of drug-likeness (QED) is 0.183. The van der Waals surface area contributed by atoms with Crippen LogP contribution in [-0.4, -0.2) is 86.5 Å². The van der Waals surface area contributed by atoms with Crippen molar-refractivity contribution in [3.63, 3.8) is 0 Å². The number of nitrogens with zero attached hydrogens (tertiary/aromatic N) is 6. The van der Waals surface area contributed by atoms with Crippen LogP contribution in [0.4, 0.5) is 15.7 Å². The third-order valence-electron chi connectivity index (χ3n) is 8.61. The van der Waals surface area contributed by atoms with E-state index in [-0.39, 0.29) is 11.9 Å². The van der Waals surface area contributed by atoms with Crippen molar-refractivity contribution >= 4 is 45.3 Å². The number of anilines is 2. The Morgan fingerprint density at radius 1 is 1.06 bits per heavy atom. The molecule has 0 spiro atoms. The number of amides is 2. The molecule has 0 unspecified atom stereocenters. The maximum absolute atomic E-state index is 13.1. The van der Waals surface area contributed by atoms with Crippen LogP contribution in [0.3, 0.4) is 0 Å². The van der Waals surface area contributed by atoms with Gasteiger partial charge in [0, 0.05) is 61.3 Å². The summed E-state index contributed by atoms with van der Waals surface area (Å²) in [6.07, 6.45) is 3.17. The Kier molecular flexibility index (Phi) is 8.82. The number of carbonyl (C=O) groups excluding carboxylic acids is 1. The van der Waals surface area contributed by atoms with E-state index in [9.17, 15) is 14.7 Å². The Morgan fingerprint density at radius 2 is 1.85 bits per heavy atom. The van der Waals surface area contributed by atoms with Crippen LogP contribution < -0.4 is 20.1 Å². The zero-order valence-corrected chi connectivity index (χ0v) is 27.5. The summed E-state index contributed by atoms with van der Waals surface area (Å²) in [5.74, 6) is 2.16. The second-order valence-corrected chi connectivity index (χ2v) is 13.1. The number of ether oxygens (including phenoxy) is 2. The van der Waals surface area contributed by atoms with E-state index in [1.54, 1.807) is 43.6 Å². The molecule has 1 fully saturated rings. The molecular weight excluding hydrogens is 632 g/mol. The second kappa shape index (κ2) is 13.5. The van der Waals surface area contributed by atoms with Crippen molar-refractivity contribution in [3.05, 3.63) is 82.5 Å². The largest absolute Gasteiger partial charge is 0.497 e. The Bertz CT molecular complexity index is 1940. The highest BCUT2D eigenvalue weighted by atomic mass is 32.1. The van der Waals surface area contributed by atoms with Gasteiger partial charge in [0.05, 0.1) is 19.3 Å². The van der Waals surface area contributed by atoms with Crippen molar-refractivity contribution in [2.75, 3.05) is 44.4 Å². The maximum Gasteiger partial charge on any atom is 0.407 e. The molecule has 0 aliphatic carbocycles. The van der Waals surface area contributed by atoms with Crippen molar-refractivity contribution in [1.29, 1.82) is 0 Å². The number of aromatic nitrogens is 4. The molecule has 2 aliphatic rings. The van der Waals surface area contributed by atoms with Crippen molar-refractivity contribution < 1.29 is 24.2 Å². The molecule has 0 radical (unpaired) electrons. The Hall–Kier alpha value is -5.21. The van der Waals surface area contributed by atoms with Crippen LogP contribution in [0.25, 0.3) is 11.0 Å². The first kappa shape index (κ1) is 31.4. The minimum atomic E-state index is -0.933. The number of fused-ring (bicyclic) bond motifs is 2. The van der Waals surface area contributed by atoms with Gasteiger partial charge in [-0.05, 0) is 61.9 Å². The number of pyridine rings is 1. The lowest BCUT2D eigenvalue weighted by Gasteiger charge is -2.31. The van der Waals surface area contributed by atoms with Gasteiger partial charge >= 0.3 is 6.09 Å². The second-order valence-electron chi connectivity index (χ2n) is 12.0. The molecule has 7 rings (SSSR count).